The van der Waals surface area contributed by atoms with Gasteiger partial charge in [0.05, 0.1) is 5.70 Å². The van der Waals surface area contributed by atoms with Crippen LogP contribution in [0.4, 0.5) is 0 Å². The number of rotatable bonds is 0. The van der Waals surface area contributed by atoms with Crippen molar-refractivity contribution >= 4 is 5.91 Å². The molecule has 3 heteroatoms. The maximum absolute atomic E-state index is 11.2. The number of amides is 1. The minimum Gasteiger partial charge on any atom is -0.474 e. The van der Waals surface area contributed by atoms with E-state index in [4.69, 9.17) is 4.74 Å². The summed E-state index contributed by atoms with van der Waals surface area (Å²) in [6, 6.07) is 0. The second-order valence-electron chi connectivity index (χ2n) is 3.11. The monoisotopic (exact) mass is 151 g/mol. The van der Waals surface area contributed by atoms with Crippen LogP contribution in [0.15, 0.2) is 24.1 Å². The summed E-state index contributed by atoms with van der Waals surface area (Å²) in [5, 5.41) is 0. The molecule has 0 atom stereocenters. The van der Waals surface area contributed by atoms with Crippen molar-refractivity contribution in [2.24, 2.45) is 0 Å². The normalized spacial score (nSPS) is 25.1. The molecule has 1 amide bonds. The third-order valence-corrected chi connectivity index (χ3v) is 1.88. The van der Waals surface area contributed by atoms with Crippen molar-refractivity contribution in [3.05, 3.63) is 24.1 Å². The quantitative estimate of drug-likeness (QED) is 0.516. The molecule has 0 N–H and O–H groups in total. The molecule has 0 spiro atoms. The molecular weight excluding hydrogens is 142 g/mol. The highest BCUT2D eigenvalue weighted by molar-refractivity contribution is 5.93. The maximum Gasteiger partial charge on any atom is 0.254 e. The minimum absolute atomic E-state index is 0.00116. The molecule has 2 aliphatic heterocycles. The van der Waals surface area contributed by atoms with Crippen LogP contribution in [-0.2, 0) is 9.53 Å². The van der Waals surface area contributed by atoms with Crippen LogP contribution in [-0.4, -0.2) is 16.5 Å². The first-order valence-electron chi connectivity index (χ1n) is 3.51. The van der Waals surface area contributed by atoms with Gasteiger partial charge in [0.1, 0.15) is 6.26 Å². The molecule has 2 aliphatic rings. The maximum atomic E-state index is 11.2. The van der Waals surface area contributed by atoms with Crippen LogP contribution in [0.1, 0.15) is 13.8 Å². The molecular formula is C8H9NO2. The SMILES string of the molecule is CC1(C)OC=C2C=CC(=O)N21. The Labute approximate surface area is 64.9 Å². The Kier molecular flexibility index (Phi) is 0.980. The Morgan fingerprint density at radius 2 is 2.18 bits per heavy atom. The van der Waals surface area contributed by atoms with Crippen molar-refractivity contribution in [2.45, 2.75) is 19.6 Å². The fraction of sp³-hybridized carbons (Fsp3) is 0.375. The van der Waals surface area contributed by atoms with Crippen LogP contribution in [0.25, 0.3) is 0 Å². The number of carbonyl (C=O) groups excluding carboxylic acids is 1. The Hall–Kier alpha value is -1.25. The highest BCUT2D eigenvalue weighted by Gasteiger charge is 2.40. The van der Waals surface area contributed by atoms with Gasteiger partial charge in [-0.3, -0.25) is 9.69 Å². The second-order valence-corrected chi connectivity index (χ2v) is 3.11. The molecule has 11 heavy (non-hydrogen) atoms. The number of ether oxygens (including phenoxy) is 1. The molecule has 0 fully saturated rings. The Balaban J connectivity index is 2.41. The van der Waals surface area contributed by atoms with Crippen molar-refractivity contribution < 1.29 is 9.53 Å². The zero-order chi connectivity index (χ0) is 8.06. The molecule has 0 aromatic heterocycles. The lowest BCUT2D eigenvalue weighted by molar-refractivity contribution is -0.135. The van der Waals surface area contributed by atoms with E-state index in [2.05, 4.69) is 0 Å². The number of allylic oxidation sites excluding steroid dienone is 1. The van der Waals surface area contributed by atoms with Gasteiger partial charge in [-0.25, -0.2) is 0 Å². The van der Waals surface area contributed by atoms with Gasteiger partial charge in [-0.1, -0.05) is 0 Å². The number of hydrogen-bond donors (Lipinski definition) is 0. The van der Waals surface area contributed by atoms with Crippen molar-refractivity contribution in [1.29, 1.82) is 0 Å². The first kappa shape index (κ1) is 6.46. The van der Waals surface area contributed by atoms with Gasteiger partial charge in [0.15, 0.2) is 5.72 Å². The van der Waals surface area contributed by atoms with E-state index >= 15 is 0 Å². The lowest BCUT2D eigenvalue weighted by atomic mass is 10.3. The summed E-state index contributed by atoms with van der Waals surface area (Å²) in [7, 11) is 0. The van der Waals surface area contributed by atoms with Gasteiger partial charge < -0.3 is 4.74 Å². The molecule has 3 nitrogen and oxygen atoms in total. The number of carbonyl (C=O) groups is 1. The summed E-state index contributed by atoms with van der Waals surface area (Å²) in [5.74, 6) is -0.00116. The molecule has 0 bridgehead atoms. The summed E-state index contributed by atoms with van der Waals surface area (Å²) in [4.78, 5) is 12.8. The molecule has 0 saturated carbocycles. The van der Waals surface area contributed by atoms with Crippen LogP contribution in [0, 0.1) is 0 Å². The molecule has 0 aromatic rings. The molecule has 2 heterocycles. The van der Waals surface area contributed by atoms with Gasteiger partial charge in [-0.05, 0) is 19.9 Å². The van der Waals surface area contributed by atoms with Crippen molar-refractivity contribution in [3.8, 4) is 0 Å². The standard InChI is InChI=1S/C8H9NO2/c1-8(2)9-6(5-11-8)3-4-7(9)10/h3-5H,1-2H3. The van der Waals surface area contributed by atoms with Crippen LogP contribution in [0.3, 0.4) is 0 Å². The third kappa shape index (κ3) is 0.707. The Bertz CT molecular complexity index is 276. The van der Waals surface area contributed by atoms with Crippen molar-refractivity contribution in [3.63, 3.8) is 0 Å². The summed E-state index contributed by atoms with van der Waals surface area (Å²) < 4.78 is 5.27. The van der Waals surface area contributed by atoms with E-state index < -0.39 is 5.72 Å². The summed E-state index contributed by atoms with van der Waals surface area (Å²) in [6.07, 6.45) is 4.93. The van der Waals surface area contributed by atoms with E-state index in [0.717, 1.165) is 5.70 Å². The van der Waals surface area contributed by atoms with E-state index in [0.29, 0.717) is 0 Å². The topological polar surface area (TPSA) is 29.5 Å². The van der Waals surface area contributed by atoms with Crippen LogP contribution in [0.2, 0.25) is 0 Å². The average molecular weight is 151 g/mol. The lowest BCUT2D eigenvalue weighted by Crippen LogP contribution is -2.41. The highest BCUT2D eigenvalue weighted by atomic mass is 16.5. The zero-order valence-electron chi connectivity index (χ0n) is 6.50. The summed E-state index contributed by atoms with van der Waals surface area (Å²) in [6.45, 7) is 3.72. The molecule has 0 aromatic carbocycles. The molecule has 0 radical (unpaired) electrons. The van der Waals surface area contributed by atoms with E-state index in [-0.39, 0.29) is 5.91 Å². The molecule has 0 saturated heterocycles. The smallest absolute Gasteiger partial charge is 0.254 e. The van der Waals surface area contributed by atoms with Crippen molar-refractivity contribution in [1.82, 2.24) is 4.90 Å². The fourth-order valence-corrected chi connectivity index (χ4v) is 1.36. The zero-order valence-corrected chi connectivity index (χ0v) is 6.50. The van der Waals surface area contributed by atoms with Gasteiger partial charge in [0, 0.05) is 6.08 Å². The Morgan fingerprint density at radius 1 is 1.45 bits per heavy atom. The van der Waals surface area contributed by atoms with Gasteiger partial charge in [0.2, 0.25) is 0 Å². The van der Waals surface area contributed by atoms with Crippen LogP contribution >= 0.6 is 0 Å². The highest BCUT2D eigenvalue weighted by Crippen LogP contribution is 2.32. The minimum atomic E-state index is -0.504. The van der Waals surface area contributed by atoms with Gasteiger partial charge in [-0.2, -0.15) is 0 Å². The van der Waals surface area contributed by atoms with E-state index in [1.54, 1.807) is 23.3 Å². The number of nitrogens with zero attached hydrogens (tertiary/aromatic N) is 1. The third-order valence-electron chi connectivity index (χ3n) is 1.88. The second kappa shape index (κ2) is 1.67. The van der Waals surface area contributed by atoms with Gasteiger partial charge in [0.25, 0.3) is 5.91 Å². The largest absolute Gasteiger partial charge is 0.474 e. The Morgan fingerprint density at radius 3 is 2.82 bits per heavy atom. The summed E-state index contributed by atoms with van der Waals surface area (Å²) >= 11 is 0. The first-order chi connectivity index (χ1) is 5.11. The molecule has 58 valence electrons. The van der Waals surface area contributed by atoms with Gasteiger partial charge >= 0.3 is 0 Å². The number of hydrogen-bond acceptors (Lipinski definition) is 2. The first-order valence-corrected chi connectivity index (χ1v) is 3.51. The van der Waals surface area contributed by atoms with Crippen LogP contribution in [0.5, 0.6) is 0 Å². The van der Waals surface area contributed by atoms with E-state index in [9.17, 15) is 4.79 Å². The summed E-state index contributed by atoms with van der Waals surface area (Å²) in [5.41, 5.74) is 0.343. The molecule has 0 aliphatic carbocycles. The van der Waals surface area contributed by atoms with Gasteiger partial charge in [-0.15, -0.1) is 0 Å². The van der Waals surface area contributed by atoms with E-state index in [1.807, 2.05) is 13.8 Å². The van der Waals surface area contributed by atoms with Crippen molar-refractivity contribution in [2.75, 3.05) is 0 Å². The van der Waals surface area contributed by atoms with Crippen LogP contribution < -0.4 is 0 Å². The predicted molar refractivity (Wildman–Crippen MR) is 39.2 cm³/mol. The molecule has 2 rings (SSSR count). The van der Waals surface area contributed by atoms with E-state index in [1.165, 1.54) is 0 Å². The number of fused-ring (bicyclic) bond motifs is 1. The predicted octanol–water partition coefficient (Wildman–Crippen LogP) is 0.992. The lowest BCUT2D eigenvalue weighted by Gasteiger charge is -2.28. The average Bonchev–Trinajstić information content (AvgIpc) is 2.38. The molecule has 0 unspecified atom stereocenters. The fourth-order valence-electron chi connectivity index (χ4n) is 1.36.